The van der Waals surface area contributed by atoms with Crippen LogP contribution in [0.2, 0.25) is 0 Å². The van der Waals surface area contributed by atoms with Gasteiger partial charge < -0.3 is 9.88 Å². The van der Waals surface area contributed by atoms with Crippen LogP contribution in [0.25, 0.3) is 11.4 Å². The van der Waals surface area contributed by atoms with E-state index in [1.165, 1.54) is 17.3 Å². The Labute approximate surface area is 170 Å². The lowest BCUT2D eigenvalue weighted by molar-refractivity contribution is -0.115. The minimum absolute atomic E-state index is 0.0412. The van der Waals surface area contributed by atoms with E-state index < -0.39 is 0 Å². The number of anilines is 1. The molecule has 2 aromatic carbocycles. The van der Waals surface area contributed by atoms with Crippen molar-refractivity contribution >= 4 is 23.4 Å². The van der Waals surface area contributed by atoms with Crippen molar-refractivity contribution in [2.45, 2.75) is 45.0 Å². The van der Waals surface area contributed by atoms with Crippen molar-refractivity contribution in [3.05, 3.63) is 58.7 Å². The van der Waals surface area contributed by atoms with Crippen LogP contribution < -0.4 is 5.32 Å². The summed E-state index contributed by atoms with van der Waals surface area (Å²) >= 11 is 1.41. The van der Waals surface area contributed by atoms with E-state index in [1.54, 1.807) is 0 Å². The van der Waals surface area contributed by atoms with Gasteiger partial charge in [0.15, 0.2) is 11.0 Å². The maximum atomic E-state index is 12.8. The number of thioether (sulfide) groups is 1. The van der Waals surface area contributed by atoms with Crippen LogP contribution in [0.5, 0.6) is 0 Å². The van der Waals surface area contributed by atoms with Crippen molar-refractivity contribution in [1.82, 2.24) is 14.8 Å². The second-order valence-electron chi connectivity index (χ2n) is 7.20. The Bertz CT molecular complexity index is 1000. The first-order valence-corrected chi connectivity index (χ1v) is 10.2. The van der Waals surface area contributed by atoms with Gasteiger partial charge in [0.1, 0.15) is 0 Å². The summed E-state index contributed by atoms with van der Waals surface area (Å²) in [5.41, 5.74) is 6.42. The number of carbonyl (C=O) groups is 1. The standard InChI is InChI=1S/C22H26N4OS/c1-13-11-15(3)19(16(4)12-13)23-21(27)17(5)28-22-25-24-20(26(22)6)18-10-8-7-9-14(18)2/h7-12,17H,1-6H3,(H,23,27). The smallest absolute Gasteiger partial charge is 0.237 e. The lowest BCUT2D eigenvalue weighted by atomic mass is 10.1. The SMILES string of the molecule is Cc1cc(C)c(NC(=O)C(C)Sc2nnc(-c3ccccc3C)n2C)c(C)c1. The number of nitrogens with one attached hydrogen (secondary N) is 1. The molecule has 0 aliphatic carbocycles. The summed E-state index contributed by atoms with van der Waals surface area (Å²) in [6.07, 6.45) is 0. The van der Waals surface area contributed by atoms with Crippen LogP contribution in [0.1, 0.15) is 29.2 Å². The Morgan fingerprint density at radius 2 is 1.68 bits per heavy atom. The largest absolute Gasteiger partial charge is 0.325 e. The van der Waals surface area contributed by atoms with E-state index in [0.29, 0.717) is 0 Å². The molecule has 6 heteroatoms. The summed E-state index contributed by atoms with van der Waals surface area (Å²) in [5.74, 6) is 0.763. The van der Waals surface area contributed by atoms with Gasteiger partial charge >= 0.3 is 0 Å². The minimum atomic E-state index is -0.298. The third-order valence-corrected chi connectivity index (χ3v) is 5.93. The molecule has 1 atom stereocenters. The summed E-state index contributed by atoms with van der Waals surface area (Å²) in [6.45, 7) is 10.0. The lowest BCUT2D eigenvalue weighted by Gasteiger charge is -2.16. The molecule has 0 aliphatic rings. The first-order valence-electron chi connectivity index (χ1n) is 9.28. The molecule has 28 heavy (non-hydrogen) atoms. The zero-order valence-corrected chi connectivity index (χ0v) is 18.0. The second-order valence-corrected chi connectivity index (χ2v) is 8.51. The molecule has 1 amide bonds. The topological polar surface area (TPSA) is 59.8 Å². The molecule has 0 radical (unpaired) electrons. The fourth-order valence-electron chi connectivity index (χ4n) is 3.29. The van der Waals surface area contributed by atoms with Gasteiger partial charge in [-0.3, -0.25) is 4.79 Å². The van der Waals surface area contributed by atoms with Crippen molar-refractivity contribution in [1.29, 1.82) is 0 Å². The highest BCUT2D eigenvalue weighted by atomic mass is 32.2. The van der Waals surface area contributed by atoms with E-state index in [2.05, 4.69) is 47.6 Å². The van der Waals surface area contributed by atoms with Crippen molar-refractivity contribution in [3.8, 4) is 11.4 Å². The zero-order chi connectivity index (χ0) is 20.4. The third kappa shape index (κ3) is 4.12. The van der Waals surface area contributed by atoms with Crippen LogP contribution in [0, 0.1) is 27.7 Å². The molecule has 3 aromatic rings. The maximum absolute atomic E-state index is 12.8. The molecule has 146 valence electrons. The minimum Gasteiger partial charge on any atom is -0.325 e. The fraction of sp³-hybridized carbons (Fsp3) is 0.318. The monoisotopic (exact) mass is 394 g/mol. The number of amides is 1. The van der Waals surface area contributed by atoms with E-state index in [9.17, 15) is 4.79 Å². The van der Waals surface area contributed by atoms with Crippen molar-refractivity contribution in [2.75, 3.05) is 5.32 Å². The van der Waals surface area contributed by atoms with Gasteiger partial charge in [-0.2, -0.15) is 0 Å². The molecule has 1 aromatic heterocycles. The highest BCUT2D eigenvalue weighted by Crippen LogP contribution is 2.28. The Hall–Kier alpha value is -2.60. The normalized spacial score (nSPS) is 12.1. The Morgan fingerprint density at radius 1 is 1.04 bits per heavy atom. The summed E-state index contributed by atoms with van der Waals surface area (Å²) < 4.78 is 1.94. The molecule has 0 saturated carbocycles. The Kier molecular flexibility index (Phi) is 5.89. The van der Waals surface area contributed by atoms with Gasteiger partial charge in [-0.1, -0.05) is 53.7 Å². The van der Waals surface area contributed by atoms with Gasteiger partial charge in [-0.25, -0.2) is 0 Å². The zero-order valence-electron chi connectivity index (χ0n) is 17.2. The highest BCUT2D eigenvalue weighted by molar-refractivity contribution is 8.00. The quantitative estimate of drug-likeness (QED) is 0.629. The summed E-state index contributed by atoms with van der Waals surface area (Å²) in [5, 5.41) is 12.1. The molecule has 0 saturated heterocycles. The average Bonchev–Trinajstić information content (AvgIpc) is 2.98. The van der Waals surface area contributed by atoms with Gasteiger partial charge in [0.2, 0.25) is 5.91 Å². The van der Waals surface area contributed by atoms with Crippen LogP contribution in [-0.4, -0.2) is 25.9 Å². The number of rotatable bonds is 5. The van der Waals surface area contributed by atoms with Gasteiger partial charge in [-0.05, 0) is 51.3 Å². The van der Waals surface area contributed by atoms with Crippen LogP contribution in [0.3, 0.4) is 0 Å². The molecule has 0 aliphatic heterocycles. The lowest BCUT2D eigenvalue weighted by Crippen LogP contribution is -2.23. The van der Waals surface area contributed by atoms with Gasteiger partial charge in [0, 0.05) is 18.3 Å². The summed E-state index contributed by atoms with van der Waals surface area (Å²) in [7, 11) is 1.93. The summed E-state index contributed by atoms with van der Waals surface area (Å²) in [6, 6.07) is 12.2. The van der Waals surface area contributed by atoms with Gasteiger partial charge in [-0.15, -0.1) is 10.2 Å². The second kappa shape index (κ2) is 8.19. The van der Waals surface area contributed by atoms with Crippen LogP contribution >= 0.6 is 11.8 Å². The number of hydrogen-bond acceptors (Lipinski definition) is 4. The average molecular weight is 395 g/mol. The van der Waals surface area contributed by atoms with Crippen molar-refractivity contribution in [3.63, 3.8) is 0 Å². The number of aryl methyl sites for hydroxylation is 4. The predicted octanol–water partition coefficient (Wildman–Crippen LogP) is 4.84. The predicted molar refractivity (Wildman–Crippen MR) is 116 cm³/mol. The molecular formula is C22H26N4OS. The first-order chi connectivity index (χ1) is 13.3. The molecule has 1 heterocycles. The molecule has 0 spiro atoms. The van der Waals surface area contributed by atoms with Gasteiger partial charge in [0.25, 0.3) is 0 Å². The number of benzene rings is 2. The molecule has 0 fully saturated rings. The highest BCUT2D eigenvalue weighted by Gasteiger charge is 2.21. The third-order valence-electron chi connectivity index (χ3n) is 4.80. The number of carbonyl (C=O) groups excluding carboxylic acids is 1. The maximum Gasteiger partial charge on any atom is 0.237 e. The number of aromatic nitrogens is 3. The Balaban J connectivity index is 1.76. The van der Waals surface area contributed by atoms with Gasteiger partial charge in [0.05, 0.1) is 5.25 Å². The molecule has 0 bridgehead atoms. The molecule has 5 nitrogen and oxygen atoms in total. The van der Waals surface area contributed by atoms with Crippen molar-refractivity contribution in [2.24, 2.45) is 7.05 Å². The van der Waals surface area contributed by atoms with E-state index in [4.69, 9.17) is 0 Å². The molecule has 3 rings (SSSR count). The summed E-state index contributed by atoms with van der Waals surface area (Å²) in [4.78, 5) is 12.8. The first kappa shape index (κ1) is 20.1. The number of nitrogens with zero attached hydrogens (tertiary/aromatic N) is 3. The molecular weight excluding hydrogens is 368 g/mol. The fourth-order valence-corrected chi connectivity index (χ4v) is 4.10. The van der Waals surface area contributed by atoms with Crippen LogP contribution in [0.4, 0.5) is 5.69 Å². The van der Waals surface area contributed by atoms with Crippen LogP contribution in [0.15, 0.2) is 41.6 Å². The number of hydrogen-bond donors (Lipinski definition) is 1. The van der Waals surface area contributed by atoms with E-state index in [1.807, 2.05) is 50.6 Å². The van der Waals surface area contributed by atoms with Crippen molar-refractivity contribution < 1.29 is 4.79 Å². The van der Waals surface area contributed by atoms with Crippen LogP contribution in [-0.2, 0) is 11.8 Å². The van der Waals surface area contributed by atoms with E-state index in [-0.39, 0.29) is 11.2 Å². The van der Waals surface area contributed by atoms with E-state index in [0.717, 1.165) is 38.9 Å². The Morgan fingerprint density at radius 3 is 2.32 bits per heavy atom. The molecule has 1 N–H and O–H groups in total. The van der Waals surface area contributed by atoms with E-state index >= 15 is 0 Å². The molecule has 1 unspecified atom stereocenters.